The third-order valence-electron chi connectivity index (χ3n) is 3.98. The molecule has 0 unspecified atom stereocenters. The number of nitrogens with one attached hydrogen (secondary N) is 1. The summed E-state index contributed by atoms with van der Waals surface area (Å²) in [6.07, 6.45) is -0.425. The molecule has 1 fully saturated rings. The minimum absolute atomic E-state index is 0.193. The summed E-state index contributed by atoms with van der Waals surface area (Å²) in [7, 11) is 0. The molecule has 1 aliphatic rings. The van der Waals surface area contributed by atoms with Gasteiger partial charge in [0.2, 0.25) is 5.92 Å². The Balaban J connectivity index is 2.01. The highest BCUT2D eigenvalue weighted by atomic mass is 19.3. The molecule has 0 spiro atoms. The summed E-state index contributed by atoms with van der Waals surface area (Å²) in [6, 6.07) is 6.97. The van der Waals surface area contributed by atoms with Crippen molar-refractivity contribution in [1.29, 1.82) is 0 Å². The zero-order chi connectivity index (χ0) is 17.3. The van der Waals surface area contributed by atoms with Crippen LogP contribution in [0.2, 0.25) is 0 Å². The molecule has 6 heteroatoms. The molecule has 2 rings (SSSR count). The lowest BCUT2D eigenvalue weighted by Gasteiger charge is -2.37. The van der Waals surface area contributed by atoms with Crippen molar-refractivity contribution in [3.05, 3.63) is 29.8 Å². The molecule has 23 heavy (non-hydrogen) atoms. The first kappa shape index (κ1) is 17.7. The fraction of sp³-hybridized carbons (Fsp3) is 0.588. The van der Waals surface area contributed by atoms with E-state index in [4.69, 9.17) is 10.5 Å². The second kappa shape index (κ2) is 6.07. The molecule has 0 heterocycles. The highest BCUT2D eigenvalue weighted by molar-refractivity contribution is 5.84. The van der Waals surface area contributed by atoms with Crippen LogP contribution in [0.25, 0.3) is 0 Å². The van der Waals surface area contributed by atoms with Gasteiger partial charge >= 0.3 is 6.09 Å². The number of alkyl halides is 2. The molecule has 1 aromatic carbocycles. The Kier molecular flexibility index (Phi) is 4.66. The van der Waals surface area contributed by atoms with E-state index in [1.165, 1.54) is 0 Å². The minimum Gasteiger partial charge on any atom is -0.444 e. The van der Waals surface area contributed by atoms with E-state index < -0.39 is 23.2 Å². The van der Waals surface area contributed by atoms with Gasteiger partial charge in [-0.05, 0) is 51.3 Å². The number of carbonyl (C=O) groups excluding carboxylic acids is 1. The van der Waals surface area contributed by atoms with Crippen LogP contribution in [0.4, 0.5) is 19.3 Å². The number of hydrogen-bond acceptors (Lipinski definition) is 3. The van der Waals surface area contributed by atoms with Crippen LogP contribution in [0.3, 0.4) is 0 Å². The quantitative estimate of drug-likeness (QED) is 0.847. The summed E-state index contributed by atoms with van der Waals surface area (Å²) in [6.45, 7) is 5.35. The number of anilines is 1. The third-order valence-corrected chi connectivity index (χ3v) is 3.98. The summed E-state index contributed by atoms with van der Waals surface area (Å²) >= 11 is 0. The van der Waals surface area contributed by atoms with E-state index in [0.717, 1.165) is 5.56 Å². The molecule has 0 atom stereocenters. The van der Waals surface area contributed by atoms with Crippen molar-refractivity contribution in [2.75, 3.05) is 5.32 Å². The summed E-state index contributed by atoms with van der Waals surface area (Å²) in [5.74, 6) is -2.61. The van der Waals surface area contributed by atoms with E-state index in [1.807, 2.05) is 0 Å². The standard InChI is InChI=1S/C17H24F2N2O2/c1-15(2,3)23-14(22)21-13-6-4-12(5-7-13)16(20)8-10-17(18,19)11-9-16/h4-7H,8-11,20H2,1-3H3,(H,21,22). The largest absolute Gasteiger partial charge is 0.444 e. The summed E-state index contributed by atoms with van der Waals surface area (Å²) in [4.78, 5) is 11.7. The first-order valence-corrected chi connectivity index (χ1v) is 7.76. The molecular formula is C17H24F2N2O2. The summed E-state index contributed by atoms with van der Waals surface area (Å²) < 4.78 is 31.8. The zero-order valence-electron chi connectivity index (χ0n) is 13.8. The van der Waals surface area contributed by atoms with Crippen LogP contribution < -0.4 is 11.1 Å². The maximum atomic E-state index is 13.3. The van der Waals surface area contributed by atoms with Crippen LogP contribution in [-0.4, -0.2) is 17.6 Å². The third kappa shape index (κ3) is 4.89. The van der Waals surface area contributed by atoms with Crippen molar-refractivity contribution in [1.82, 2.24) is 0 Å². The van der Waals surface area contributed by atoms with Crippen LogP contribution in [0.1, 0.15) is 52.0 Å². The summed E-state index contributed by atoms with van der Waals surface area (Å²) in [5.41, 5.74) is 6.37. The molecule has 0 aliphatic heterocycles. The van der Waals surface area contributed by atoms with Gasteiger partial charge in [-0.2, -0.15) is 0 Å². The lowest BCUT2D eigenvalue weighted by Crippen LogP contribution is -2.43. The molecule has 0 radical (unpaired) electrons. The monoisotopic (exact) mass is 326 g/mol. The first-order chi connectivity index (χ1) is 10.5. The SMILES string of the molecule is CC(C)(C)OC(=O)Nc1ccc(C2(N)CCC(F)(F)CC2)cc1. The Morgan fingerprint density at radius 1 is 1.13 bits per heavy atom. The van der Waals surface area contributed by atoms with Crippen molar-refractivity contribution in [2.45, 2.75) is 63.5 Å². The van der Waals surface area contributed by atoms with Gasteiger partial charge < -0.3 is 10.5 Å². The van der Waals surface area contributed by atoms with Crippen molar-refractivity contribution in [3.63, 3.8) is 0 Å². The van der Waals surface area contributed by atoms with Gasteiger partial charge in [-0.3, -0.25) is 5.32 Å². The van der Waals surface area contributed by atoms with Gasteiger partial charge in [-0.15, -0.1) is 0 Å². The van der Waals surface area contributed by atoms with Crippen LogP contribution in [0.15, 0.2) is 24.3 Å². The molecule has 3 N–H and O–H groups in total. The van der Waals surface area contributed by atoms with E-state index in [0.29, 0.717) is 5.69 Å². The highest BCUT2D eigenvalue weighted by Gasteiger charge is 2.41. The number of benzene rings is 1. The van der Waals surface area contributed by atoms with Crippen molar-refractivity contribution < 1.29 is 18.3 Å². The Morgan fingerprint density at radius 3 is 2.13 bits per heavy atom. The maximum Gasteiger partial charge on any atom is 0.412 e. The van der Waals surface area contributed by atoms with E-state index in [1.54, 1.807) is 45.0 Å². The van der Waals surface area contributed by atoms with Gasteiger partial charge in [0.05, 0.1) is 0 Å². The van der Waals surface area contributed by atoms with E-state index in [9.17, 15) is 13.6 Å². The van der Waals surface area contributed by atoms with Gasteiger partial charge in [0.25, 0.3) is 0 Å². The highest BCUT2D eigenvalue weighted by Crippen LogP contribution is 2.42. The predicted molar refractivity (Wildman–Crippen MR) is 85.6 cm³/mol. The van der Waals surface area contributed by atoms with Crippen LogP contribution >= 0.6 is 0 Å². The number of amides is 1. The van der Waals surface area contributed by atoms with Crippen molar-refractivity contribution >= 4 is 11.8 Å². The Labute approximate surface area is 135 Å². The second-order valence-electron chi connectivity index (χ2n) is 7.22. The molecule has 128 valence electrons. The molecule has 4 nitrogen and oxygen atoms in total. The average molecular weight is 326 g/mol. The van der Waals surface area contributed by atoms with E-state index in [2.05, 4.69) is 5.32 Å². The Hall–Kier alpha value is -1.69. The zero-order valence-corrected chi connectivity index (χ0v) is 13.8. The molecular weight excluding hydrogens is 302 g/mol. The van der Waals surface area contributed by atoms with Crippen LogP contribution in [0.5, 0.6) is 0 Å². The lowest BCUT2D eigenvalue weighted by atomic mass is 9.76. The van der Waals surface area contributed by atoms with Crippen LogP contribution in [-0.2, 0) is 10.3 Å². The molecule has 0 bridgehead atoms. The fourth-order valence-electron chi connectivity index (χ4n) is 2.66. The van der Waals surface area contributed by atoms with Gasteiger partial charge in [0.1, 0.15) is 5.60 Å². The first-order valence-electron chi connectivity index (χ1n) is 7.76. The molecule has 1 aromatic rings. The normalized spacial score (nSPS) is 19.9. The second-order valence-corrected chi connectivity index (χ2v) is 7.22. The number of hydrogen-bond donors (Lipinski definition) is 2. The molecule has 0 aromatic heterocycles. The van der Waals surface area contributed by atoms with Crippen LogP contribution in [0, 0.1) is 0 Å². The maximum absolute atomic E-state index is 13.3. The van der Waals surface area contributed by atoms with Crippen molar-refractivity contribution in [3.8, 4) is 0 Å². The smallest absolute Gasteiger partial charge is 0.412 e. The van der Waals surface area contributed by atoms with E-state index >= 15 is 0 Å². The fourth-order valence-corrected chi connectivity index (χ4v) is 2.66. The lowest BCUT2D eigenvalue weighted by molar-refractivity contribution is -0.0514. The average Bonchev–Trinajstić information content (AvgIpc) is 2.41. The minimum atomic E-state index is -2.61. The molecule has 1 saturated carbocycles. The van der Waals surface area contributed by atoms with E-state index in [-0.39, 0.29) is 25.7 Å². The number of ether oxygens (including phenoxy) is 1. The number of halogens is 2. The summed E-state index contributed by atoms with van der Waals surface area (Å²) in [5, 5.41) is 2.63. The van der Waals surface area contributed by atoms with Crippen molar-refractivity contribution in [2.24, 2.45) is 5.73 Å². The number of rotatable bonds is 2. The van der Waals surface area contributed by atoms with Gasteiger partial charge in [-0.25, -0.2) is 13.6 Å². The number of carbonyl (C=O) groups is 1. The topological polar surface area (TPSA) is 64.3 Å². The molecule has 0 saturated heterocycles. The molecule has 1 amide bonds. The Morgan fingerprint density at radius 2 is 1.65 bits per heavy atom. The predicted octanol–water partition coefficient (Wildman–Crippen LogP) is 4.40. The number of nitrogens with two attached hydrogens (primary N) is 1. The van der Waals surface area contributed by atoms with Gasteiger partial charge in [0, 0.05) is 24.1 Å². The van der Waals surface area contributed by atoms with Gasteiger partial charge in [0.15, 0.2) is 0 Å². The molecule has 1 aliphatic carbocycles. The Bertz CT molecular complexity index is 555. The van der Waals surface area contributed by atoms with Gasteiger partial charge in [-0.1, -0.05) is 12.1 Å².